The van der Waals surface area contributed by atoms with Crippen molar-refractivity contribution in [3.05, 3.63) is 69.3 Å². The standard InChI is InChI=1S/C20H13Cl2N3/c1-11-8-15-16(9-12(11)2)25-19(22)17(13-6-4-3-5-7-13)18(21)14(10-23)20(25)24-15/h3-9H,1-2H3. The minimum Gasteiger partial charge on any atom is -0.281 e. The third-order valence-corrected chi connectivity index (χ3v) is 5.25. The van der Waals surface area contributed by atoms with Gasteiger partial charge in [-0.2, -0.15) is 5.26 Å². The first-order valence-electron chi connectivity index (χ1n) is 7.78. The lowest BCUT2D eigenvalue weighted by Gasteiger charge is -2.12. The summed E-state index contributed by atoms with van der Waals surface area (Å²) in [7, 11) is 0. The molecule has 5 heteroatoms. The lowest BCUT2D eigenvalue weighted by atomic mass is 10.1. The van der Waals surface area contributed by atoms with E-state index in [4.69, 9.17) is 23.2 Å². The van der Waals surface area contributed by atoms with Gasteiger partial charge in [-0.25, -0.2) is 4.98 Å². The molecule has 25 heavy (non-hydrogen) atoms. The Morgan fingerprint density at radius 2 is 1.72 bits per heavy atom. The summed E-state index contributed by atoms with van der Waals surface area (Å²) in [6, 6.07) is 15.8. The SMILES string of the molecule is Cc1cc2nc3c(C#N)c(Cl)c(-c4ccccc4)c(Cl)n3c2cc1C. The third-order valence-electron chi connectivity index (χ3n) is 4.51. The second-order valence-corrected chi connectivity index (χ2v) is 6.76. The topological polar surface area (TPSA) is 41.1 Å². The van der Waals surface area contributed by atoms with Crippen molar-refractivity contribution < 1.29 is 0 Å². The quantitative estimate of drug-likeness (QED) is 0.391. The maximum Gasteiger partial charge on any atom is 0.158 e. The number of imidazole rings is 1. The Bertz CT molecular complexity index is 1190. The van der Waals surface area contributed by atoms with Crippen LogP contribution in [0.5, 0.6) is 0 Å². The van der Waals surface area contributed by atoms with Crippen LogP contribution in [-0.2, 0) is 0 Å². The van der Waals surface area contributed by atoms with Crippen LogP contribution in [0.3, 0.4) is 0 Å². The van der Waals surface area contributed by atoms with E-state index in [2.05, 4.69) is 11.1 Å². The maximum atomic E-state index is 9.68. The average molecular weight is 366 g/mol. The zero-order valence-electron chi connectivity index (χ0n) is 13.6. The van der Waals surface area contributed by atoms with E-state index in [1.165, 1.54) is 0 Å². The Kier molecular flexibility index (Phi) is 3.68. The summed E-state index contributed by atoms with van der Waals surface area (Å²) >= 11 is 13.3. The fraction of sp³-hybridized carbons (Fsp3) is 0.100. The fourth-order valence-electron chi connectivity index (χ4n) is 3.07. The predicted octanol–water partition coefficient (Wildman–Crippen LogP) is 5.95. The first-order chi connectivity index (χ1) is 12.0. The fourth-order valence-corrected chi connectivity index (χ4v) is 3.82. The van der Waals surface area contributed by atoms with E-state index in [1.807, 2.05) is 60.7 Å². The summed E-state index contributed by atoms with van der Waals surface area (Å²) in [5.41, 5.74) is 6.26. The summed E-state index contributed by atoms with van der Waals surface area (Å²) in [4.78, 5) is 4.62. The van der Waals surface area contributed by atoms with Crippen LogP contribution in [0, 0.1) is 25.2 Å². The Balaban J connectivity index is 2.24. The molecule has 2 heterocycles. The molecule has 0 aliphatic carbocycles. The van der Waals surface area contributed by atoms with Gasteiger partial charge in [-0.05, 0) is 42.7 Å². The maximum absolute atomic E-state index is 9.68. The second-order valence-electron chi connectivity index (χ2n) is 6.03. The predicted molar refractivity (Wildman–Crippen MR) is 102 cm³/mol. The third kappa shape index (κ3) is 2.30. The summed E-state index contributed by atoms with van der Waals surface area (Å²) in [5.74, 6) is 0. The number of hydrogen-bond donors (Lipinski definition) is 0. The van der Waals surface area contributed by atoms with Crippen LogP contribution in [0.25, 0.3) is 27.8 Å². The molecule has 3 nitrogen and oxygen atoms in total. The number of aromatic nitrogens is 2. The molecule has 0 N–H and O–H groups in total. The zero-order valence-corrected chi connectivity index (χ0v) is 15.2. The summed E-state index contributed by atoms with van der Waals surface area (Å²) in [6.45, 7) is 4.08. The Morgan fingerprint density at radius 1 is 1.04 bits per heavy atom. The molecule has 0 unspecified atom stereocenters. The number of halogens is 2. The molecule has 2 aromatic heterocycles. The van der Waals surface area contributed by atoms with E-state index in [9.17, 15) is 5.26 Å². The van der Waals surface area contributed by atoms with Gasteiger partial charge in [0.2, 0.25) is 0 Å². The van der Waals surface area contributed by atoms with Crippen molar-refractivity contribution in [1.29, 1.82) is 5.26 Å². The zero-order chi connectivity index (χ0) is 17.7. The molecule has 0 saturated heterocycles. The van der Waals surface area contributed by atoms with Crippen molar-refractivity contribution in [3.8, 4) is 17.2 Å². The molecule has 2 aromatic carbocycles. The van der Waals surface area contributed by atoms with Gasteiger partial charge in [0.1, 0.15) is 16.8 Å². The molecule has 122 valence electrons. The van der Waals surface area contributed by atoms with Gasteiger partial charge < -0.3 is 0 Å². The number of hydrogen-bond acceptors (Lipinski definition) is 2. The Morgan fingerprint density at radius 3 is 2.40 bits per heavy atom. The molecule has 0 atom stereocenters. The van der Waals surface area contributed by atoms with E-state index in [1.54, 1.807) is 0 Å². The van der Waals surface area contributed by atoms with Crippen molar-refractivity contribution in [1.82, 2.24) is 9.38 Å². The molecule has 4 rings (SSSR count). The van der Waals surface area contributed by atoms with Crippen LogP contribution in [0.4, 0.5) is 0 Å². The van der Waals surface area contributed by atoms with Crippen molar-refractivity contribution in [2.24, 2.45) is 0 Å². The van der Waals surface area contributed by atoms with E-state index >= 15 is 0 Å². The molecule has 0 saturated carbocycles. The van der Waals surface area contributed by atoms with Gasteiger partial charge in [-0.15, -0.1) is 0 Å². The number of fused-ring (bicyclic) bond motifs is 3. The molecule has 0 aliphatic rings. The highest BCUT2D eigenvalue weighted by Crippen LogP contribution is 2.40. The van der Waals surface area contributed by atoms with Crippen LogP contribution in [-0.4, -0.2) is 9.38 Å². The minimum absolute atomic E-state index is 0.329. The Labute approximate surface area is 155 Å². The Hall–Kier alpha value is -2.54. The van der Waals surface area contributed by atoms with Crippen molar-refractivity contribution >= 4 is 39.9 Å². The lowest BCUT2D eigenvalue weighted by Crippen LogP contribution is -1.97. The lowest BCUT2D eigenvalue weighted by molar-refractivity contribution is 1.21. The highest BCUT2D eigenvalue weighted by molar-refractivity contribution is 6.40. The minimum atomic E-state index is 0.329. The number of pyridine rings is 1. The summed E-state index contributed by atoms with van der Waals surface area (Å²) in [5, 5.41) is 10.5. The first kappa shape index (κ1) is 16.0. The molecular weight excluding hydrogens is 353 g/mol. The highest BCUT2D eigenvalue weighted by atomic mass is 35.5. The number of aryl methyl sites for hydroxylation is 2. The van der Waals surface area contributed by atoms with E-state index < -0.39 is 0 Å². The molecule has 0 amide bonds. The molecule has 4 aromatic rings. The average Bonchev–Trinajstić information content (AvgIpc) is 2.95. The van der Waals surface area contributed by atoms with Crippen LogP contribution < -0.4 is 0 Å². The van der Waals surface area contributed by atoms with Gasteiger partial charge in [-0.1, -0.05) is 53.5 Å². The van der Waals surface area contributed by atoms with E-state index in [0.717, 1.165) is 27.7 Å². The molecule has 0 fully saturated rings. The smallest absolute Gasteiger partial charge is 0.158 e. The van der Waals surface area contributed by atoms with Crippen molar-refractivity contribution in [2.45, 2.75) is 13.8 Å². The monoisotopic (exact) mass is 365 g/mol. The van der Waals surface area contributed by atoms with Crippen molar-refractivity contribution in [3.63, 3.8) is 0 Å². The number of benzene rings is 2. The van der Waals surface area contributed by atoms with Crippen LogP contribution in [0.1, 0.15) is 16.7 Å². The van der Waals surface area contributed by atoms with Gasteiger partial charge >= 0.3 is 0 Å². The number of nitrogens with zero attached hydrogens (tertiary/aromatic N) is 3. The molecule has 0 radical (unpaired) electrons. The van der Waals surface area contributed by atoms with Gasteiger partial charge in [0.15, 0.2) is 5.65 Å². The van der Waals surface area contributed by atoms with Gasteiger partial charge in [0, 0.05) is 5.56 Å². The van der Waals surface area contributed by atoms with Crippen LogP contribution in [0.2, 0.25) is 10.2 Å². The number of rotatable bonds is 1. The molecule has 0 aliphatic heterocycles. The second kappa shape index (κ2) is 5.77. The molecule has 0 spiro atoms. The number of nitriles is 1. The van der Waals surface area contributed by atoms with Gasteiger partial charge in [-0.3, -0.25) is 4.40 Å². The van der Waals surface area contributed by atoms with Crippen LogP contribution >= 0.6 is 23.2 Å². The molecule has 0 bridgehead atoms. The summed E-state index contributed by atoms with van der Waals surface area (Å²) < 4.78 is 1.82. The van der Waals surface area contributed by atoms with Gasteiger partial charge in [0.05, 0.1) is 16.1 Å². The first-order valence-corrected chi connectivity index (χ1v) is 8.54. The van der Waals surface area contributed by atoms with Crippen molar-refractivity contribution in [2.75, 3.05) is 0 Å². The van der Waals surface area contributed by atoms with E-state index in [-0.39, 0.29) is 0 Å². The summed E-state index contributed by atoms with van der Waals surface area (Å²) in [6.07, 6.45) is 0. The van der Waals surface area contributed by atoms with Gasteiger partial charge in [0.25, 0.3) is 0 Å². The van der Waals surface area contributed by atoms with Crippen LogP contribution in [0.15, 0.2) is 42.5 Å². The highest BCUT2D eigenvalue weighted by Gasteiger charge is 2.22. The molecular formula is C20H13Cl2N3. The van der Waals surface area contributed by atoms with E-state index in [0.29, 0.717) is 26.9 Å². The normalized spacial score (nSPS) is 11.2. The largest absolute Gasteiger partial charge is 0.281 e.